The number of piperidine rings is 1. The van der Waals surface area contributed by atoms with Gasteiger partial charge in [-0.25, -0.2) is 4.98 Å². The van der Waals surface area contributed by atoms with Gasteiger partial charge in [0.2, 0.25) is 0 Å². The average molecular weight is 285 g/mol. The first-order valence-corrected chi connectivity index (χ1v) is 7.84. The zero-order chi connectivity index (χ0) is 14.8. The first-order valence-electron chi connectivity index (χ1n) is 7.84. The Balaban J connectivity index is 1.63. The SMILES string of the molecule is Cc1nc2ccc(C(=O)CCN3CCCC(C)C3)cc2[nH]1. The van der Waals surface area contributed by atoms with Crippen LogP contribution in [-0.2, 0) is 0 Å². The molecular formula is C17H23N3O. The zero-order valence-electron chi connectivity index (χ0n) is 12.9. The van der Waals surface area contributed by atoms with Crippen LogP contribution in [0.2, 0.25) is 0 Å². The van der Waals surface area contributed by atoms with Gasteiger partial charge in [0.25, 0.3) is 0 Å². The summed E-state index contributed by atoms with van der Waals surface area (Å²) in [5, 5.41) is 0. The van der Waals surface area contributed by atoms with Gasteiger partial charge in [0, 0.05) is 25.1 Å². The molecule has 0 radical (unpaired) electrons. The third-order valence-electron chi connectivity index (χ3n) is 4.32. The summed E-state index contributed by atoms with van der Waals surface area (Å²) < 4.78 is 0. The first kappa shape index (κ1) is 14.3. The van der Waals surface area contributed by atoms with Crippen molar-refractivity contribution in [2.75, 3.05) is 19.6 Å². The van der Waals surface area contributed by atoms with Gasteiger partial charge in [-0.3, -0.25) is 4.79 Å². The number of imidazole rings is 1. The number of nitrogens with zero attached hydrogens (tertiary/aromatic N) is 2. The Kier molecular flexibility index (Phi) is 4.06. The number of likely N-dealkylation sites (tertiary alicyclic amines) is 1. The maximum absolute atomic E-state index is 12.4. The summed E-state index contributed by atoms with van der Waals surface area (Å²) in [4.78, 5) is 22.3. The molecule has 4 heteroatoms. The highest BCUT2D eigenvalue weighted by molar-refractivity contribution is 5.98. The molecule has 1 aliphatic heterocycles. The molecule has 0 spiro atoms. The molecular weight excluding hydrogens is 262 g/mol. The number of nitrogens with one attached hydrogen (secondary N) is 1. The molecule has 0 aliphatic carbocycles. The van der Waals surface area contributed by atoms with E-state index in [-0.39, 0.29) is 5.78 Å². The Labute approximate surface area is 125 Å². The van der Waals surface area contributed by atoms with Crippen molar-refractivity contribution in [1.82, 2.24) is 14.9 Å². The number of Topliss-reactive ketones (excluding diaryl/α,β-unsaturated/α-hetero) is 1. The number of aromatic amines is 1. The predicted octanol–water partition coefficient (Wildman–Crippen LogP) is 3.18. The second kappa shape index (κ2) is 5.98. The number of hydrogen-bond acceptors (Lipinski definition) is 3. The predicted molar refractivity (Wildman–Crippen MR) is 84.6 cm³/mol. The highest BCUT2D eigenvalue weighted by Crippen LogP contribution is 2.17. The van der Waals surface area contributed by atoms with E-state index in [2.05, 4.69) is 21.8 Å². The van der Waals surface area contributed by atoms with E-state index < -0.39 is 0 Å². The van der Waals surface area contributed by atoms with Crippen molar-refractivity contribution in [2.24, 2.45) is 5.92 Å². The van der Waals surface area contributed by atoms with Crippen molar-refractivity contribution in [3.05, 3.63) is 29.6 Å². The molecule has 1 N–H and O–H groups in total. The molecule has 1 fully saturated rings. The fourth-order valence-corrected chi connectivity index (χ4v) is 3.20. The Morgan fingerprint density at radius 1 is 1.48 bits per heavy atom. The average Bonchev–Trinajstić information content (AvgIpc) is 2.84. The minimum Gasteiger partial charge on any atom is -0.342 e. The number of carbonyl (C=O) groups excluding carboxylic acids is 1. The molecule has 1 saturated heterocycles. The molecule has 1 aromatic heterocycles. The molecule has 112 valence electrons. The zero-order valence-corrected chi connectivity index (χ0v) is 12.9. The van der Waals surface area contributed by atoms with Gasteiger partial charge in [-0.15, -0.1) is 0 Å². The number of ketones is 1. The molecule has 0 saturated carbocycles. The molecule has 1 unspecified atom stereocenters. The molecule has 1 atom stereocenters. The normalized spacial score (nSPS) is 20.0. The van der Waals surface area contributed by atoms with Gasteiger partial charge >= 0.3 is 0 Å². The highest BCUT2D eigenvalue weighted by Gasteiger charge is 2.17. The summed E-state index contributed by atoms with van der Waals surface area (Å²) in [6, 6.07) is 5.75. The monoisotopic (exact) mass is 285 g/mol. The highest BCUT2D eigenvalue weighted by atomic mass is 16.1. The molecule has 1 aromatic carbocycles. The third kappa shape index (κ3) is 3.32. The van der Waals surface area contributed by atoms with Crippen LogP contribution in [0, 0.1) is 12.8 Å². The van der Waals surface area contributed by atoms with Gasteiger partial charge in [0.05, 0.1) is 11.0 Å². The number of aryl methyl sites for hydroxylation is 1. The lowest BCUT2D eigenvalue weighted by Gasteiger charge is -2.30. The minimum atomic E-state index is 0.224. The van der Waals surface area contributed by atoms with Gasteiger partial charge in [-0.2, -0.15) is 0 Å². The van der Waals surface area contributed by atoms with Crippen LogP contribution in [0.3, 0.4) is 0 Å². The molecule has 3 rings (SSSR count). The fourth-order valence-electron chi connectivity index (χ4n) is 3.20. The van der Waals surface area contributed by atoms with Crippen LogP contribution >= 0.6 is 0 Å². The number of H-pyrrole nitrogens is 1. The number of carbonyl (C=O) groups is 1. The Bertz CT molecular complexity index is 647. The summed E-state index contributed by atoms with van der Waals surface area (Å²) in [5.74, 6) is 1.87. The van der Waals surface area contributed by atoms with E-state index in [4.69, 9.17) is 0 Å². The lowest BCUT2D eigenvalue weighted by atomic mass is 9.99. The van der Waals surface area contributed by atoms with Crippen molar-refractivity contribution < 1.29 is 4.79 Å². The van der Waals surface area contributed by atoms with E-state index in [1.165, 1.54) is 12.8 Å². The lowest BCUT2D eigenvalue weighted by Crippen LogP contribution is -2.35. The summed E-state index contributed by atoms with van der Waals surface area (Å²) >= 11 is 0. The molecule has 1 aliphatic rings. The van der Waals surface area contributed by atoms with Crippen LogP contribution in [0.1, 0.15) is 42.4 Å². The second-order valence-electron chi connectivity index (χ2n) is 6.28. The van der Waals surface area contributed by atoms with E-state index in [0.717, 1.165) is 48.0 Å². The Hall–Kier alpha value is -1.68. The maximum Gasteiger partial charge on any atom is 0.164 e. The van der Waals surface area contributed by atoms with Crippen LogP contribution in [0.5, 0.6) is 0 Å². The Morgan fingerprint density at radius 2 is 2.33 bits per heavy atom. The molecule has 21 heavy (non-hydrogen) atoms. The quantitative estimate of drug-likeness (QED) is 0.878. The second-order valence-corrected chi connectivity index (χ2v) is 6.28. The van der Waals surface area contributed by atoms with E-state index in [9.17, 15) is 4.79 Å². The fraction of sp³-hybridized carbons (Fsp3) is 0.529. The number of fused-ring (bicyclic) bond motifs is 1. The van der Waals surface area contributed by atoms with Crippen LogP contribution in [0.25, 0.3) is 11.0 Å². The Morgan fingerprint density at radius 3 is 3.14 bits per heavy atom. The topological polar surface area (TPSA) is 49.0 Å². The summed E-state index contributed by atoms with van der Waals surface area (Å²) in [6.45, 7) is 7.37. The van der Waals surface area contributed by atoms with Crippen LogP contribution in [-0.4, -0.2) is 40.3 Å². The summed E-state index contributed by atoms with van der Waals surface area (Å²) in [7, 11) is 0. The maximum atomic E-state index is 12.4. The van der Waals surface area contributed by atoms with Gasteiger partial charge < -0.3 is 9.88 Å². The van der Waals surface area contributed by atoms with Crippen LogP contribution in [0.4, 0.5) is 0 Å². The van der Waals surface area contributed by atoms with Gasteiger partial charge in [0.15, 0.2) is 5.78 Å². The van der Waals surface area contributed by atoms with Crippen molar-refractivity contribution in [2.45, 2.75) is 33.1 Å². The van der Waals surface area contributed by atoms with Crippen LogP contribution < -0.4 is 0 Å². The van der Waals surface area contributed by atoms with Crippen molar-refractivity contribution in [3.63, 3.8) is 0 Å². The van der Waals surface area contributed by atoms with Gasteiger partial charge in [0.1, 0.15) is 5.82 Å². The minimum absolute atomic E-state index is 0.224. The smallest absolute Gasteiger partial charge is 0.164 e. The first-order chi connectivity index (χ1) is 10.1. The summed E-state index contributed by atoms with van der Waals surface area (Å²) in [5.41, 5.74) is 2.66. The summed E-state index contributed by atoms with van der Waals surface area (Å²) in [6.07, 6.45) is 3.18. The van der Waals surface area contributed by atoms with Crippen molar-refractivity contribution in [1.29, 1.82) is 0 Å². The lowest BCUT2D eigenvalue weighted by molar-refractivity contribution is 0.0949. The number of rotatable bonds is 4. The molecule has 0 amide bonds. The molecule has 0 bridgehead atoms. The molecule has 2 heterocycles. The van der Waals surface area contributed by atoms with E-state index >= 15 is 0 Å². The van der Waals surface area contributed by atoms with E-state index in [1.807, 2.05) is 25.1 Å². The van der Waals surface area contributed by atoms with Crippen molar-refractivity contribution >= 4 is 16.8 Å². The number of benzene rings is 1. The molecule has 2 aromatic rings. The largest absolute Gasteiger partial charge is 0.342 e. The third-order valence-corrected chi connectivity index (χ3v) is 4.32. The van der Waals surface area contributed by atoms with Crippen LogP contribution in [0.15, 0.2) is 18.2 Å². The number of aromatic nitrogens is 2. The van der Waals surface area contributed by atoms with Gasteiger partial charge in [-0.05, 0) is 50.4 Å². The number of hydrogen-bond donors (Lipinski definition) is 1. The van der Waals surface area contributed by atoms with Crippen molar-refractivity contribution in [3.8, 4) is 0 Å². The standard InChI is InChI=1S/C17H23N3O/c1-12-4-3-8-20(11-12)9-7-17(21)14-5-6-15-16(10-14)19-13(2)18-15/h5-6,10,12H,3-4,7-9,11H2,1-2H3,(H,18,19). The van der Waals surface area contributed by atoms with Gasteiger partial charge in [-0.1, -0.05) is 6.92 Å². The molecule has 4 nitrogen and oxygen atoms in total. The van der Waals surface area contributed by atoms with E-state index in [0.29, 0.717) is 6.42 Å². The van der Waals surface area contributed by atoms with E-state index in [1.54, 1.807) is 0 Å².